The summed E-state index contributed by atoms with van der Waals surface area (Å²) in [5.41, 5.74) is 3.77. The molecule has 2 aromatic heterocycles. The Morgan fingerprint density at radius 3 is 2.65 bits per heavy atom. The normalized spacial score (nSPS) is 11.3. The van der Waals surface area contributed by atoms with Gasteiger partial charge in [0, 0.05) is 6.20 Å². The van der Waals surface area contributed by atoms with Crippen LogP contribution >= 0.6 is 11.7 Å². The summed E-state index contributed by atoms with van der Waals surface area (Å²) in [6, 6.07) is 12.2. The van der Waals surface area contributed by atoms with Crippen LogP contribution in [0.3, 0.4) is 0 Å². The van der Waals surface area contributed by atoms with Gasteiger partial charge in [0.1, 0.15) is 5.52 Å². The molecule has 0 spiro atoms. The van der Waals surface area contributed by atoms with E-state index in [-0.39, 0.29) is 0 Å². The van der Waals surface area contributed by atoms with E-state index in [1.165, 1.54) is 17.3 Å². The summed E-state index contributed by atoms with van der Waals surface area (Å²) in [6.45, 7) is 0. The molecule has 0 saturated heterocycles. The van der Waals surface area contributed by atoms with Crippen LogP contribution in [0.2, 0.25) is 0 Å². The molecule has 17 heavy (non-hydrogen) atoms. The highest BCUT2D eigenvalue weighted by molar-refractivity contribution is 7.00. The van der Waals surface area contributed by atoms with Crippen LogP contribution < -0.4 is 0 Å². The number of fused-ring (bicyclic) bond motifs is 1. The number of rotatable bonds is 2. The van der Waals surface area contributed by atoms with Crippen LogP contribution in [0.1, 0.15) is 11.1 Å². The SMILES string of the molecule is C(=Cc1cnc2nsnc2c1)c1ccccc1. The Labute approximate surface area is 103 Å². The van der Waals surface area contributed by atoms with E-state index in [0.717, 1.165) is 11.1 Å². The first-order valence-corrected chi connectivity index (χ1v) is 5.96. The third kappa shape index (κ3) is 2.21. The third-order valence-corrected chi connectivity index (χ3v) is 2.94. The van der Waals surface area contributed by atoms with Crippen LogP contribution in [0.5, 0.6) is 0 Å². The standard InChI is InChI=1S/C13H9N3S/c1-2-4-10(5-3-1)6-7-11-8-12-13(14-9-11)16-17-15-12/h1-9H. The van der Waals surface area contributed by atoms with Crippen LogP contribution in [0.4, 0.5) is 0 Å². The molecule has 0 N–H and O–H groups in total. The summed E-state index contributed by atoms with van der Waals surface area (Å²) in [5.74, 6) is 0. The van der Waals surface area contributed by atoms with Gasteiger partial charge in [-0.1, -0.05) is 42.5 Å². The van der Waals surface area contributed by atoms with E-state index >= 15 is 0 Å². The number of aromatic nitrogens is 3. The van der Waals surface area contributed by atoms with Crippen molar-refractivity contribution in [1.82, 2.24) is 13.7 Å². The maximum Gasteiger partial charge on any atom is 0.193 e. The van der Waals surface area contributed by atoms with Crippen molar-refractivity contribution in [3.8, 4) is 0 Å². The lowest BCUT2D eigenvalue weighted by Gasteiger charge is -1.93. The minimum atomic E-state index is 0.715. The molecule has 0 saturated carbocycles. The molecule has 82 valence electrons. The monoisotopic (exact) mass is 239 g/mol. The molecule has 3 nitrogen and oxygen atoms in total. The Hall–Kier alpha value is -2.07. The summed E-state index contributed by atoms with van der Waals surface area (Å²) < 4.78 is 8.24. The van der Waals surface area contributed by atoms with Crippen molar-refractivity contribution in [2.24, 2.45) is 0 Å². The van der Waals surface area contributed by atoms with Gasteiger partial charge in [-0.25, -0.2) is 4.98 Å². The first-order valence-electron chi connectivity index (χ1n) is 5.23. The van der Waals surface area contributed by atoms with E-state index in [2.05, 4.69) is 31.9 Å². The lowest BCUT2D eigenvalue weighted by molar-refractivity contribution is 1.35. The predicted molar refractivity (Wildman–Crippen MR) is 70.6 cm³/mol. The molecule has 0 aliphatic heterocycles. The van der Waals surface area contributed by atoms with Gasteiger partial charge in [0.2, 0.25) is 0 Å². The van der Waals surface area contributed by atoms with Gasteiger partial charge in [-0.2, -0.15) is 8.75 Å². The van der Waals surface area contributed by atoms with Gasteiger partial charge in [0.25, 0.3) is 0 Å². The van der Waals surface area contributed by atoms with Crippen LogP contribution in [-0.4, -0.2) is 13.7 Å². The van der Waals surface area contributed by atoms with Crippen LogP contribution in [0.25, 0.3) is 23.3 Å². The molecule has 0 fully saturated rings. The van der Waals surface area contributed by atoms with Crippen molar-refractivity contribution >= 4 is 35.0 Å². The van der Waals surface area contributed by atoms with Crippen molar-refractivity contribution in [2.45, 2.75) is 0 Å². The van der Waals surface area contributed by atoms with Gasteiger partial charge in [0.15, 0.2) is 5.65 Å². The fourth-order valence-electron chi connectivity index (χ4n) is 1.55. The molecule has 0 aliphatic carbocycles. The summed E-state index contributed by atoms with van der Waals surface area (Å²) in [6.07, 6.45) is 5.90. The lowest BCUT2D eigenvalue weighted by Crippen LogP contribution is -1.79. The largest absolute Gasteiger partial charge is 0.234 e. The van der Waals surface area contributed by atoms with Crippen molar-refractivity contribution in [3.63, 3.8) is 0 Å². The number of benzene rings is 1. The Morgan fingerprint density at radius 1 is 0.941 bits per heavy atom. The smallest absolute Gasteiger partial charge is 0.193 e. The van der Waals surface area contributed by atoms with Crippen molar-refractivity contribution in [3.05, 3.63) is 53.7 Å². The zero-order chi connectivity index (χ0) is 11.5. The number of hydrogen-bond donors (Lipinski definition) is 0. The molecule has 0 amide bonds. The van der Waals surface area contributed by atoms with Gasteiger partial charge < -0.3 is 0 Å². The highest BCUT2D eigenvalue weighted by Gasteiger charge is 1.98. The average molecular weight is 239 g/mol. The first kappa shape index (κ1) is 10.1. The minimum absolute atomic E-state index is 0.715. The molecule has 4 heteroatoms. The molecule has 0 aliphatic rings. The third-order valence-electron chi connectivity index (χ3n) is 2.40. The molecule has 0 atom stereocenters. The molecular weight excluding hydrogens is 230 g/mol. The van der Waals surface area contributed by atoms with Crippen LogP contribution in [-0.2, 0) is 0 Å². The molecule has 0 bridgehead atoms. The summed E-state index contributed by atoms with van der Waals surface area (Å²) >= 11 is 1.19. The fourth-order valence-corrected chi connectivity index (χ4v) is 2.03. The molecule has 0 unspecified atom stereocenters. The Morgan fingerprint density at radius 2 is 1.76 bits per heavy atom. The van der Waals surface area contributed by atoms with Gasteiger partial charge in [0.05, 0.1) is 11.7 Å². The quantitative estimate of drug-likeness (QED) is 0.689. The van der Waals surface area contributed by atoms with E-state index in [0.29, 0.717) is 5.65 Å². The molecule has 3 aromatic rings. The van der Waals surface area contributed by atoms with Gasteiger partial charge in [-0.05, 0) is 17.2 Å². The average Bonchev–Trinajstić information content (AvgIpc) is 2.85. The van der Waals surface area contributed by atoms with E-state index < -0.39 is 0 Å². The molecule has 2 heterocycles. The zero-order valence-electron chi connectivity index (χ0n) is 8.95. The number of hydrogen-bond acceptors (Lipinski definition) is 4. The maximum absolute atomic E-state index is 4.24. The highest BCUT2D eigenvalue weighted by atomic mass is 32.1. The van der Waals surface area contributed by atoms with Gasteiger partial charge >= 0.3 is 0 Å². The van der Waals surface area contributed by atoms with Gasteiger partial charge in [-0.3, -0.25) is 0 Å². The number of pyridine rings is 1. The number of nitrogens with zero attached hydrogens (tertiary/aromatic N) is 3. The van der Waals surface area contributed by atoms with Crippen molar-refractivity contribution in [1.29, 1.82) is 0 Å². The lowest BCUT2D eigenvalue weighted by atomic mass is 10.2. The first-order chi connectivity index (χ1) is 8.42. The van der Waals surface area contributed by atoms with Crippen molar-refractivity contribution in [2.75, 3.05) is 0 Å². The molecular formula is C13H9N3S. The van der Waals surface area contributed by atoms with Crippen LogP contribution in [0, 0.1) is 0 Å². The molecule has 1 aromatic carbocycles. The second-order valence-electron chi connectivity index (χ2n) is 3.62. The predicted octanol–water partition coefficient (Wildman–Crippen LogP) is 3.26. The van der Waals surface area contributed by atoms with Crippen molar-refractivity contribution < 1.29 is 0 Å². The van der Waals surface area contributed by atoms with E-state index in [9.17, 15) is 0 Å². The van der Waals surface area contributed by atoms with E-state index in [1.54, 1.807) is 0 Å². The van der Waals surface area contributed by atoms with Crippen LogP contribution in [0.15, 0.2) is 42.6 Å². The van der Waals surface area contributed by atoms with Gasteiger partial charge in [-0.15, -0.1) is 0 Å². The molecule has 3 rings (SSSR count). The minimum Gasteiger partial charge on any atom is -0.234 e. The second kappa shape index (κ2) is 4.43. The van der Waals surface area contributed by atoms with E-state index in [1.807, 2.05) is 36.5 Å². The topological polar surface area (TPSA) is 38.7 Å². The zero-order valence-corrected chi connectivity index (χ0v) is 9.76. The fraction of sp³-hybridized carbons (Fsp3) is 0. The summed E-state index contributed by atoms with van der Waals surface area (Å²) in [7, 11) is 0. The Bertz CT molecular complexity index is 658. The Balaban J connectivity index is 1.92. The highest BCUT2D eigenvalue weighted by Crippen LogP contribution is 2.13. The maximum atomic E-state index is 4.24. The van der Waals surface area contributed by atoms with E-state index in [4.69, 9.17) is 0 Å². The molecule has 0 radical (unpaired) electrons. The second-order valence-corrected chi connectivity index (χ2v) is 4.15. The summed E-state index contributed by atoms with van der Waals surface area (Å²) in [5, 5.41) is 0. The Kier molecular flexibility index (Phi) is 2.63. The summed E-state index contributed by atoms with van der Waals surface area (Å²) in [4.78, 5) is 4.24.